The summed E-state index contributed by atoms with van der Waals surface area (Å²) in [7, 11) is 1.71. The lowest BCUT2D eigenvalue weighted by Gasteiger charge is -2.03. The van der Waals surface area contributed by atoms with E-state index in [9.17, 15) is 0 Å². The minimum absolute atomic E-state index is 0.696. The zero-order valence-corrected chi connectivity index (χ0v) is 8.34. The number of nitrogens with one attached hydrogen (secondary N) is 1. The van der Waals surface area contributed by atoms with Gasteiger partial charge in [-0.15, -0.1) is 0 Å². The molecule has 2 nitrogen and oxygen atoms in total. The monoisotopic (exact) mass is 179 g/mol. The molecule has 0 aliphatic rings. The van der Waals surface area contributed by atoms with E-state index in [4.69, 9.17) is 4.74 Å². The molecule has 0 atom stereocenters. The molecule has 0 saturated heterocycles. The second-order valence-corrected chi connectivity index (χ2v) is 3.03. The molecule has 72 valence electrons. The summed E-state index contributed by atoms with van der Waals surface area (Å²) in [6.07, 6.45) is 0. The Labute approximate surface area is 79.9 Å². The van der Waals surface area contributed by atoms with Crippen LogP contribution in [0, 0.1) is 0 Å². The van der Waals surface area contributed by atoms with Crippen molar-refractivity contribution in [3.63, 3.8) is 0 Å². The second-order valence-electron chi connectivity index (χ2n) is 3.03. The fourth-order valence-electron chi connectivity index (χ4n) is 1.19. The molecule has 0 radical (unpaired) electrons. The molecule has 0 saturated carbocycles. The Hall–Kier alpha value is -0.860. The Kier molecular flexibility index (Phi) is 4.50. The highest BCUT2D eigenvalue weighted by Gasteiger charge is 1.93. The van der Waals surface area contributed by atoms with Gasteiger partial charge in [-0.05, 0) is 17.7 Å². The fraction of sp³-hybridized carbons (Fsp3) is 0.455. The maximum atomic E-state index is 5.03. The van der Waals surface area contributed by atoms with E-state index in [0.717, 1.165) is 13.1 Å². The first-order valence-electron chi connectivity index (χ1n) is 4.64. The van der Waals surface area contributed by atoms with Crippen LogP contribution in [-0.4, -0.2) is 13.7 Å². The van der Waals surface area contributed by atoms with Crippen LogP contribution in [0.15, 0.2) is 24.3 Å². The van der Waals surface area contributed by atoms with E-state index in [1.807, 2.05) is 0 Å². The third-order valence-electron chi connectivity index (χ3n) is 1.91. The van der Waals surface area contributed by atoms with Crippen LogP contribution in [0.3, 0.4) is 0 Å². The van der Waals surface area contributed by atoms with Crippen LogP contribution < -0.4 is 5.32 Å². The number of rotatable bonds is 5. The van der Waals surface area contributed by atoms with Crippen molar-refractivity contribution in [1.82, 2.24) is 5.32 Å². The van der Waals surface area contributed by atoms with Gasteiger partial charge in [-0.2, -0.15) is 0 Å². The molecule has 0 amide bonds. The van der Waals surface area contributed by atoms with Crippen LogP contribution in [0.25, 0.3) is 0 Å². The first-order valence-corrected chi connectivity index (χ1v) is 4.64. The number of hydrogen-bond donors (Lipinski definition) is 1. The molecule has 0 aliphatic heterocycles. The predicted octanol–water partition coefficient (Wildman–Crippen LogP) is 1.94. The number of benzene rings is 1. The fourth-order valence-corrected chi connectivity index (χ4v) is 1.19. The van der Waals surface area contributed by atoms with Crippen LogP contribution >= 0.6 is 0 Å². The quantitative estimate of drug-likeness (QED) is 0.746. The molecule has 0 fully saturated rings. The van der Waals surface area contributed by atoms with Gasteiger partial charge in [-0.25, -0.2) is 0 Å². The summed E-state index contributed by atoms with van der Waals surface area (Å²) in [6, 6.07) is 8.49. The van der Waals surface area contributed by atoms with E-state index >= 15 is 0 Å². The van der Waals surface area contributed by atoms with Crippen LogP contribution in [-0.2, 0) is 17.9 Å². The van der Waals surface area contributed by atoms with Crippen LogP contribution in [0.5, 0.6) is 0 Å². The Bertz CT molecular complexity index is 230. The third kappa shape index (κ3) is 3.57. The minimum atomic E-state index is 0.696. The zero-order chi connectivity index (χ0) is 9.52. The van der Waals surface area contributed by atoms with E-state index < -0.39 is 0 Å². The summed E-state index contributed by atoms with van der Waals surface area (Å²) in [6.45, 7) is 4.77. The van der Waals surface area contributed by atoms with E-state index in [1.54, 1.807) is 7.11 Å². The number of methoxy groups -OCH3 is 1. The van der Waals surface area contributed by atoms with E-state index in [0.29, 0.717) is 6.61 Å². The smallest absolute Gasteiger partial charge is 0.0713 e. The van der Waals surface area contributed by atoms with Gasteiger partial charge >= 0.3 is 0 Å². The van der Waals surface area contributed by atoms with Gasteiger partial charge in [-0.3, -0.25) is 0 Å². The van der Waals surface area contributed by atoms with Gasteiger partial charge in [0.05, 0.1) is 6.61 Å². The SMILES string of the molecule is CCNCc1ccc(COC)cc1. The molecule has 2 heteroatoms. The molecule has 1 aromatic carbocycles. The van der Waals surface area contributed by atoms with Crippen LogP contribution in [0.4, 0.5) is 0 Å². The third-order valence-corrected chi connectivity index (χ3v) is 1.91. The topological polar surface area (TPSA) is 21.3 Å². The highest BCUT2D eigenvalue weighted by atomic mass is 16.5. The van der Waals surface area contributed by atoms with Gasteiger partial charge in [0.25, 0.3) is 0 Å². The van der Waals surface area contributed by atoms with Gasteiger partial charge in [0.15, 0.2) is 0 Å². The number of hydrogen-bond acceptors (Lipinski definition) is 2. The molecule has 0 bridgehead atoms. The summed E-state index contributed by atoms with van der Waals surface area (Å²) in [5, 5.41) is 3.28. The molecule has 0 unspecified atom stereocenters. The largest absolute Gasteiger partial charge is 0.380 e. The van der Waals surface area contributed by atoms with Crippen molar-refractivity contribution in [2.75, 3.05) is 13.7 Å². The number of ether oxygens (including phenoxy) is 1. The van der Waals surface area contributed by atoms with Crippen molar-refractivity contribution in [3.8, 4) is 0 Å². The molecule has 0 spiro atoms. The van der Waals surface area contributed by atoms with Gasteiger partial charge in [-0.1, -0.05) is 31.2 Å². The van der Waals surface area contributed by atoms with Crippen molar-refractivity contribution in [2.24, 2.45) is 0 Å². The Balaban J connectivity index is 2.48. The average Bonchev–Trinajstić information content (AvgIpc) is 2.17. The van der Waals surface area contributed by atoms with Crippen molar-refractivity contribution in [3.05, 3.63) is 35.4 Å². The maximum absolute atomic E-state index is 5.03. The molecular weight excluding hydrogens is 162 g/mol. The van der Waals surface area contributed by atoms with E-state index in [2.05, 4.69) is 36.5 Å². The zero-order valence-electron chi connectivity index (χ0n) is 8.34. The normalized spacial score (nSPS) is 10.3. The van der Waals surface area contributed by atoms with Crippen molar-refractivity contribution in [2.45, 2.75) is 20.1 Å². The molecule has 1 rings (SSSR count). The Morgan fingerprint density at radius 3 is 2.31 bits per heavy atom. The summed E-state index contributed by atoms with van der Waals surface area (Å²) in [5.74, 6) is 0. The van der Waals surface area contributed by atoms with Gasteiger partial charge in [0.1, 0.15) is 0 Å². The lowest BCUT2D eigenvalue weighted by atomic mass is 10.1. The van der Waals surface area contributed by atoms with Crippen LogP contribution in [0.1, 0.15) is 18.1 Å². The molecule has 1 aromatic rings. The molecular formula is C11H17NO. The van der Waals surface area contributed by atoms with E-state index in [-0.39, 0.29) is 0 Å². The Morgan fingerprint density at radius 1 is 1.15 bits per heavy atom. The summed E-state index contributed by atoms with van der Waals surface area (Å²) < 4.78 is 5.03. The summed E-state index contributed by atoms with van der Waals surface area (Å²) in [4.78, 5) is 0. The average molecular weight is 179 g/mol. The molecule has 1 N–H and O–H groups in total. The van der Waals surface area contributed by atoms with Gasteiger partial charge in [0.2, 0.25) is 0 Å². The highest BCUT2D eigenvalue weighted by Crippen LogP contribution is 2.04. The molecule has 0 aromatic heterocycles. The van der Waals surface area contributed by atoms with Gasteiger partial charge in [0, 0.05) is 13.7 Å². The van der Waals surface area contributed by atoms with Crippen LogP contribution in [0.2, 0.25) is 0 Å². The van der Waals surface area contributed by atoms with E-state index in [1.165, 1.54) is 11.1 Å². The molecule has 13 heavy (non-hydrogen) atoms. The first kappa shape index (κ1) is 10.2. The highest BCUT2D eigenvalue weighted by molar-refractivity contribution is 5.21. The van der Waals surface area contributed by atoms with Crippen molar-refractivity contribution < 1.29 is 4.74 Å². The lowest BCUT2D eigenvalue weighted by Crippen LogP contribution is -2.11. The van der Waals surface area contributed by atoms with Gasteiger partial charge < -0.3 is 10.1 Å². The summed E-state index contributed by atoms with van der Waals surface area (Å²) >= 11 is 0. The molecule has 0 heterocycles. The molecule has 0 aliphatic carbocycles. The minimum Gasteiger partial charge on any atom is -0.380 e. The van der Waals surface area contributed by atoms with Crippen molar-refractivity contribution >= 4 is 0 Å². The maximum Gasteiger partial charge on any atom is 0.0713 e. The second kappa shape index (κ2) is 5.73. The first-order chi connectivity index (χ1) is 6.36. The predicted molar refractivity (Wildman–Crippen MR) is 54.5 cm³/mol. The lowest BCUT2D eigenvalue weighted by molar-refractivity contribution is 0.185. The standard InChI is InChI=1S/C11H17NO/c1-3-12-8-10-4-6-11(7-5-10)9-13-2/h4-7,12H,3,8-9H2,1-2H3. The summed E-state index contributed by atoms with van der Waals surface area (Å²) in [5.41, 5.74) is 2.55. The Morgan fingerprint density at radius 2 is 1.77 bits per heavy atom. The van der Waals surface area contributed by atoms with Crippen molar-refractivity contribution in [1.29, 1.82) is 0 Å².